The summed E-state index contributed by atoms with van der Waals surface area (Å²) < 4.78 is 22.6. The van der Waals surface area contributed by atoms with Crippen molar-refractivity contribution in [3.05, 3.63) is 0 Å². The van der Waals surface area contributed by atoms with Crippen molar-refractivity contribution >= 4 is 6.16 Å². The van der Waals surface area contributed by atoms with Gasteiger partial charge in [0.1, 0.15) is 0 Å². The molecule has 2 saturated carbocycles. The molecule has 3 aliphatic heterocycles. The van der Waals surface area contributed by atoms with E-state index in [9.17, 15) is 4.79 Å². The third-order valence-electron chi connectivity index (χ3n) is 6.48. The Bertz CT molecular complexity index is 483. The van der Waals surface area contributed by atoms with Crippen LogP contribution in [0.2, 0.25) is 0 Å². The summed E-state index contributed by atoms with van der Waals surface area (Å²) in [7, 11) is 0. The van der Waals surface area contributed by atoms with Gasteiger partial charge in [-0.25, -0.2) is 4.79 Å². The van der Waals surface area contributed by atoms with Crippen molar-refractivity contribution in [3.8, 4) is 0 Å². The quantitative estimate of drug-likeness (QED) is 0.578. The van der Waals surface area contributed by atoms with Crippen molar-refractivity contribution < 1.29 is 23.7 Å². The van der Waals surface area contributed by atoms with Gasteiger partial charge in [-0.05, 0) is 37.5 Å². The number of epoxide rings is 2. The van der Waals surface area contributed by atoms with E-state index in [1.54, 1.807) is 0 Å². The summed E-state index contributed by atoms with van der Waals surface area (Å²) in [5, 5.41) is 0. The molecule has 5 heteroatoms. The number of carbonyl (C=O) groups is 1. The largest absolute Gasteiger partial charge is 0.514 e. The molecule has 5 aliphatic rings. The van der Waals surface area contributed by atoms with Crippen LogP contribution in [-0.2, 0) is 18.9 Å². The Morgan fingerprint density at radius 1 is 1.05 bits per heavy atom. The van der Waals surface area contributed by atoms with Crippen LogP contribution < -0.4 is 0 Å². The molecule has 0 aromatic carbocycles. The van der Waals surface area contributed by atoms with Gasteiger partial charge in [-0.3, -0.25) is 0 Å². The summed E-state index contributed by atoms with van der Waals surface area (Å²) in [6.07, 6.45) is 5.30. The third-order valence-corrected chi connectivity index (χ3v) is 6.48. The van der Waals surface area contributed by atoms with Gasteiger partial charge in [0.15, 0.2) is 0 Å². The summed E-state index contributed by atoms with van der Waals surface area (Å²) in [6, 6.07) is 0. The van der Waals surface area contributed by atoms with Crippen molar-refractivity contribution in [2.24, 2.45) is 23.7 Å². The van der Waals surface area contributed by atoms with E-state index in [-0.39, 0.29) is 17.9 Å². The molecule has 5 fully saturated rings. The summed E-state index contributed by atoms with van der Waals surface area (Å²) in [5.41, 5.74) is 0. The predicted octanol–water partition coefficient (Wildman–Crippen LogP) is 2.48. The first kappa shape index (κ1) is 12.7. The lowest BCUT2D eigenvalue weighted by Gasteiger charge is -2.50. The van der Waals surface area contributed by atoms with Gasteiger partial charge in [0, 0.05) is 5.92 Å². The van der Waals surface area contributed by atoms with Gasteiger partial charge < -0.3 is 18.9 Å². The molecule has 8 atom stereocenters. The smallest absolute Gasteiger partial charge is 0.390 e. The first-order chi connectivity index (χ1) is 10.1. The zero-order valence-corrected chi connectivity index (χ0v) is 12.5. The van der Waals surface area contributed by atoms with E-state index in [1.165, 1.54) is 6.42 Å². The molecule has 0 amide bonds. The lowest BCUT2D eigenvalue weighted by atomic mass is 9.68. The van der Waals surface area contributed by atoms with Crippen LogP contribution >= 0.6 is 0 Å². The Balaban J connectivity index is 1.37. The molecule has 21 heavy (non-hydrogen) atoms. The lowest BCUT2D eigenvalue weighted by Crippen LogP contribution is -2.63. The maximum atomic E-state index is 11.3. The van der Waals surface area contributed by atoms with Crippen LogP contribution in [0.4, 0.5) is 4.79 Å². The first-order valence-electron chi connectivity index (χ1n) is 8.29. The highest BCUT2D eigenvalue weighted by atomic mass is 16.9. The summed E-state index contributed by atoms with van der Waals surface area (Å²) in [5.74, 6) is 0.972. The molecule has 2 aliphatic carbocycles. The SMILES string of the molecule is CC1CC2OC2CC1CC1C2OC2CC(C)C12OC(=O)O2. The Morgan fingerprint density at radius 2 is 1.81 bits per heavy atom. The number of rotatable bonds is 2. The van der Waals surface area contributed by atoms with E-state index in [1.807, 2.05) is 0 Å². The van der Waals surface area contributed by atoms with E-state index in [0.29, 0.717) is 30.1 Å². The monoisotopic (exact) mass is 294 g/mol. The Kier molecular flexibility index (Phi) is 2.38. The summed E-state index contributed by atoms with van der Waals surface area (Å²) in [4.78, 5) is 11.3. The molecule has 8 unspecified atom stereocenters. The highest BCUT2D eigenvalue weighted by Crippen LogP contribution is 2.58. The van der Waals surface area contributed by atoms with Crippen LogP contribution in [0.5, 0.6) is 0 Å². The van der Waals surface area contributed by atoms with Crippen LogP contribution in [0, 0.1) is 23.7 Å². The van der Waals surface area contributed by atoms with Crippen LogP contribution in [0.1, 0.15) is 39.5 Å². The molecule has 1 spiro atoms. The second-order valence-electron chi connectivity index (χ2n) is 7.72. The second-order valence-corrected chi connectivity index (χ2v) is 7.72. The number of ether oxygens (including phenoxy) is 4. The van der Waals surface area contributed by atoms with Gasteiger partial charge >= 0.3 is 6.16 Å². The highest BCUT2D eigenvalue weighted by Gasteiger charge is 2.70. The summed E-state index contributed by atoms with van der Waals surface area (Å²) >= 11 is 0. The summed E-state index contributed by atoms with van der Waals surface area (Å²) in [6.45, 7) is 4.43. The molecule has 3 saturated heterocycles. The topological polar surface area (TPSA) is 60.6 Å². The molecule has 5 rings (SSSR count). The highest BCUT2D eigenvalue weighted by molar-refractivity contribution is 5.66. The maximum absolute atomic E-state index is 11.3. The van der Waals surface area contributed by atoms with E-state index in [0.717, 1.165) is 19.3 Å². The van der Waals surface area contributed by atoms with Gasteiger partial charge in [0.05, 0.1) is 30.3 Å². The normalized spacial score (nSPS) is 55.6. The number of hydrogen-bond donors (Lipinski definition) is 0. The number of hydrogen-bond acceptors (Lipinski definition) is 5. The maximum Gasteiger partial charge on any atom is 0.514 e. The minimum absolute atomic E-state index is 0.187. The van der Waals surface area contributed by atoms with Gasteiger partial charge in [-0.15, -0.1) is 0 Å². The van der Waals surface area contributed by atoms with Crippen molar-refractivity contribution in [1.82, 2.24) is 0 Å². The van der Waals surface area contributed by atoms with Crippen molar-refractivity contribution in [1.29, 1.82) is 0 Å². The molecule has 0 aromatic rings. The molecular weight excluding hydrogens is 272 g/mol. The number of fused-ring (bicyclic) bond motifs is 2. The van der Waals surface area contributed by atoms with Crippen molar-refractivity contribution in [3.63, 3.8) is 0 Å². The van der Waals surface area contributed by atoms with E-state index < -0.39 is 11.9 Å². The minimum Gasteiger partial charge on any atom is -0.390 e. The van der Waals surface area contributed by atoms with Gasteiger partial charge in [0.2, 0.25) is 0 Å². The van der Waals surface area contributed by atoms with Gasteiger partial charge in [0.25, 0.3) is 5.79 Å². The fourth-order valence-electron chi connectivity index (χ4n) is 5.06. The molecule has 5 nitrogen and oxygen atoms in total. The average Bonchev–Trinajstić information content (AvgIpc) is 3.27. The van der Waals surface area contributed by atoms with Crippen molar-refractivity contribution in [2.75, 3.05) is 0 Å². The van der Waals surface area contributed by atoms with Crippen LogP contribution in [0.3, 0.4) is 0 Å². The molecule has 116 valence electrons. The van der Waals surface area contributed by atoms with Crippen LogP contribution in [0.25, 0.3) is 0 Å². The zero-order chi connectivity index (χ0) is 14.4. The third kappa shape index (κ3) is 1.73. The zero-order valence-electron chi connectivity index (χ0n) is 12.5. The first-order valence-corrected chi connectivity index (χ1v) is 8.29. The van der Waals surface area contributed by atoms with Gasteiger partial charge in [-0.2, -0.15) is 0 Å². The molecule has 0 N–H and O–H groups in total. The average molecular weight is 294 g/mol. The molecular formula is C16H22O5. The second kappa shape index (κ2) is 3.93. The molecule has 0 radical (unpaired) electrons. The molecule has 0 aromatic heterocycles. The Morgan fingerprint density at radius 3 is 2.57 bits per heavy atom. The molecule has 0 bridgehead atoms. The van der Waals surface area contributed by atoms with Crippen molar-refractivity contribution in [2.45, 2.75) is 69.7 Å². The Labute approximate surface area is 124 Å². The fourth-order valence-corrected chi connectivity index (χ4v) is 5.06. The standard InChI is InChI=1S/C16H22O5/c1-7-3-11-12(18-11)6-9(7)5-10-14-13(19-14)4-8(2)16(10)20-15(17)21-16/h7-14H,3-6H2,1-2H3. The fraction of sp³-hybridized carbons (Fsp3) is 0.938. The van der Waals surface area contributed by atoms with E-state index >= 15 is 0 Å². The Hall–Kier alpha value is -0.810. The lowest BCUT2D eigenvalue weighted by molar-refractivity contribution is -0.331. The van der Waals surface area contributed by atoms with E-state index in [4.69, 9.17) is 18.9 Å². The predicted molar refractivity (Wildman–Crippen MR) is 71.4 cm³/mol. The van der Waals surface area contributed by atoms with E-state index in [2.05, 4.69) is 13.8 Å². The van der Waals surface area contributed by atoms with Crippen LogP contribution in [0.15, 0.2) is 0 Å². The van der Waals surface area contributed by atoms with Gasteiger partial charge in [-0.1, -0.05) is 13.8 Å². The van der Waals surface area contributed by atoms with Crippen LogP contribution in [-0.4, -0.2) is 36.4 Å². The minimum atomic E-state index is -0.713. The number of carbonyl (C=O) groups excluding carboxylic acids is 1. The molecule has 3 heterocycles.